The topological polar surface area (TPSA) is 108 Å². The summed E-state index contributed by atoms with van der Waals surface area (Å²) >= 11 is 0. The summed E-state index contributed by atoms with van der Waals surface area (Å²) in [5.74, 6) is -1.63. The lowest BCUT2D eigenvalue weighted by molar-refractivity contribution is -0.144. The number of aromatic amines is 1. The fourth-order valence-corrected chi connectivity index (χ4v) is 1.27. The van der Waals surface area contributed by atoms with E-state index in [4.69, 9.17) is 9.84 Å². The van der Waals surface area contributed by atoms with Crippen LogP contribution < -0.4 is 10.9 Å². The summed E-state index contributed by atoms with van der Waals surface area (Å²) in [5, 5.41) is 11.5. The predicted octanol–water partition coefficient (Wildman–Crippen LogP) is -0.238. The molecule has 0 saturated heterocycles. The third kappa shape index (κ3) is 3.62. The van der Waals surface area contributed by atoms with Crippen LogP contribution in [0.2, 0.25) is 0 Å². The average Bonchev–Trinajstić information content (AvgIpc) is 2.27. The van der Waals surface area contributed by atoms with Crippen molar-refractivity contribution < 1.29 is 19.4 Å². The minimum atomic E-state index is -0.834. The molecule has 98 valence electrons. The number of rotatable bonds is 4. The Morgan fingerprint density at radius 3 is 2.72 bits per heavy atom. The summed E-state index contributed by atoms with van der Waals surface area (Å²) in [5.41, 5.74) is -0.642. The minimum absolute atomic E-state index is 0.0348. The Balaban J connectivity index is 2.76. The van der Waals surface area contributed by atoms with E-state index in [1.165, 1.54) is 6.92 Å². The highest BCUT2D eigenvalue weighted by Gasteiger charge is 2.18. The van der Waals surface area contributed by atoms with Gasteiger partial charge in [0.05, 0.1) is 12.2 Å². The number of carbonyl (C=O) groups excluding carboxylic acids is 2. The van der Waals surface area contributed by atoms with Crippen molar-refractivity contribution >= 4 is 11.9 Å². The van der Waals surface area contributed by atoms with Crippen LogP contribution in [0, 0.1) is 0 Å². The molecule has 0 aliphatic heterocycles. The van der Waals surface area contributed by atoms with Gasteiger partial charge >= 0.3 is 5.97 Å². The standard InChI is InChI=1S/C11H14N2O5/c1-3-18-11(17)6(2)12-10(16)7-4-8(14)13-9(15)5-7/h4-6H,3H2,1-2H3,(H,12,16)(H2,13,14,15). The quantitative estimate of drug-likeness (QED) is 0.643. The van der Waals surface area contributed by atoms with Gasteiger partial charge in [-0.1, -0.05) is 0 Å². The number of aromatic nitrogens is 1. The first kappa shape index (κ1) is 13.8. The van der Waals surface area contributed by atoms with Crippen molar-refractivity contribution in [1.29, 1.82) is 0 Å². The van der Waals surface area contributed by atoms with Crippen LogP contribution in [-0.2, 0) is 9.53 Å². The Bertz CT molecular complexity index is 508. The molecule has 0 fully saturated rings. The second kappa shape index (κ2) is 5.85. The van der Waals surface area contributed by atoms with Crippen molar-refractivity contribution in [3.63, 3.8) is 0 Å². The molecule has 0 aliphatic rings. The molecule has 1 rings (SSSR count). The van der Waals surface area contributed by atoms with Crippen LogP contribution in [0.5, 0.6) is 5.88 Å². The molecule has 1 aromatic rings. The van der Waals surface area contributed by atoms with Gasteiger partial charge in [-0.3, -0.25) is 14.6 Å². The van der Waals surface area contributed by atoms with Gasteiger partial charge in [-0.2, -0.15) is 0 Å². The van der Waals surface area contributed by atoms with Gasteiger partial charge in [0.1, 0.15) is 6.04 Å². The highest BCUT2D eigenvalue weighted by molar-refractivity contribution is 5.96. The van der Waals surface area contributed by atoms with E-state index in [1.807, 2.05) is 0 Å². The molecule has 1 unspecified atom stereocenters. The SMILES string of the molecule is CCOC(=O)C(C)NC(=O)c1cc(O)[nH]c(=O)c1. The molecule has 1 amide bonds. The normalized spacial score (nSPS) is 11.7. The van der Waals surface area contributed by atoms with Crippen molar-refractivity contribution in [2.75, 3.05) is 6.61 Å². The fraction of sp³-hybridized carbons (Fsp3) is 0.364. The first-order chi connectivity index (χ1) is 8.43. The third-order valence-corrected chi connectivity index (χ3v) is 2.08. The van der Waals surface area contributed by atoms with Gasteiger partial charge in [-0.15, -0.1) is 0 Å². The van der Waals surface area contributed by atoms with Crippen molar-refractivity contribution in [2.24, 2.45) is 0 Å². The van der Waals surface area contributed by atoms with Gasteiger partial charge in [0.25, 0.3) is 11.5 Å². The number of esters is 1. The van der Waals surface area contributed by atoms with Crippen LogP contribution >= 0.6 is 0 Å². The summed E-state index contributed by atoms with van der Waals surface area (Å²) in [6.07, 6.45) is 0. The van der Waals surface area contributed by atoms with Gasteiger partial charge in [0.2, 0.25) is 0 Å². The lowest BCUT2D eigenvalue weighted by atomic mass is 10.2. The van der Waals surface area contributed by atoms with Gasteiger partial charge in [0, 0.05) is 12.1 Å². The van der Waals surface area contributed by atoms with Gasteiger partial charge in [-0.25, -0.2) is 4.79 Å². The molecule has 0 bridgehead atoms. The number of H-pyrrole nitrogens is 1. The van der Waals surface area contributed by atoms with E-state index in [-0.39, 0.29) is 12.2 Å². The second-order valence-corrected chi connectivity index (χ2v) is 3.57. The van der Waals surface area contributed by atoms with E-state index in [2.05, 4.69) is 10.3 Å². The van der Waals surface area contributed by atoms with Crippen LogP contribution in [-0.4, -0.2) is 34.6 Å². The zero-order chi connectivity index (χ0) is 13.7. The van der Waals surface area contributed by atoms with Crippen molar-refractivity contribution in [2.45, 2.75) is 19.9 Å². The van der Waals surface area contributed by atoms with Crippen LogP contribution in [0.25, 0.3) is 0 Å². The maximum Gasteiger partial charge on any atom is 0.328 e. The summed E-state index contributed by atoms with van der Waals surface area (Å²) < 4.78 is 4.72. The number of pyridine rings is 1. The number of hydrogen-bond acceptors (Lipinski definition) is 5. The summed E-state index contributed by atoms with van der Waals surface area (Å²) in [6, 6.07) is 1.28. The molecule has 0 aliphatic carbocycles. The summed E-state index contributed by atoms with van der Waals surface area (Å²) in [4.78, 5) is 36.1. The monoisotopic (exact) mass is 254 g/mol. The summed E-state index contributed by atoms with van der Waals surface area (Å²) in [7, 11) is 0. The Kier molecular flexibility index (Phi) is 4.47. The number of nitrogens with one attached hydrogen (secondary N) is 2. The van der Waals surface area contributed by atoms with Crippen molar-refractivity contribution in [3.8, 4) is 5.88 Å². The van der Waals surface area contributed by atoms with Gasteiger partial charge < -0.3 is 15.2 Å². The second-order valence-electron chi connectivity index (χ2n) is 3.57. The largest absolute Gasteiger partial charge is 0.494 e. The molecular weight excluding hydrogens is 240 g/mol. The predicted molar refractivity (Wildman–Crippen MR) is 62.3 cm³/mol. The van der Waals surface area contributed by atoms with E-state index in [9.17, 15) is 14.4 Å². The maximum absolute atomic E-state index is 11.7. The van der Waals surface area contributed by atoms with E-state index < -0.39 is 29.4 Å². The van der Waals surface area contributed by atoms with E-state index in [0.29, 0.717) is 0 Å². The number of carbonyl (C=O) groups is 2. The number of aromatic hydroxyl groups is 1. The van der Waals surface area contributed by atoms with E-state index in [0.717, 1.165) is 12.1 Å². The molecule has 0 radical (unpaired) electrons. The first-order valence-corrected chi connectivity index (χ1v) is 5.35. The molecular formula is C11H14N2O5. The number of amides is 1. The molecule has 0 spiro atoms. The number of hydrogen-bond donors (Lipinski definition) is 3. The summed E-state index contributed by atoms with van der Waals surface area (Å²) in [6.45, 7) is 3.33. The Morgan fingerprint density at radius 2 is 2.17 bits per heavy atom. The molecule has 0 saturated carbocycles. The Labute approximate surface area is 103 Å². The maximum atomic E-state index is 11.7. The molecule has 1 aromatic heterocycles. The number of ether oxygens (including phenoxy) is 1. The van der Waals surface area contributed by atoms with E-state index in [1.54, 1.807) is 6.92 Å². The lowest BCUT2D eigenvalue weighted by Gasteiger charge is -2.12. The first-order valence-electron chi connectivity index (χ1n) is 5.35. The molecule has 1 atom stereocenters. The highest BCUT2D eigenvalue weighted by atomic mass is 16.5. The molecule has 0 aromatic carbocycles. The zero-order valence-electron chi connectivity index (χ0n) is 10.0. The third-order valence-electron chi connectivity index (χ3n) is 2.08. The highest BCUT2D eigenvalue weighted by Crippen LogP contribution is 2.04. The smallest absolute Gasteiger partial charge is 0.328 e. The molecule has 3 N–H and O–H groups in total. The van der Waals surface area contributed by atoms with Crippen molar-refractivity contribution in [3.05, 3.63) is 28.0 Å². The molecule has 18 heavy (non-hydrogen) atoms. The average molecular weight is 254 g/mol. The fourth-order valence-electron chi connectivity index (χ4n) is 1.27. The zero-order valence-corrected chi connectivity index (χ0v) is 10.0. The molecule has 7 heteroatoms. The Morgan fingerprint density at radius 1 is 1.50 bits per heavy atom. The molecule has 7 nitrogen and oxygen atoms in total. The van der Waals surface area contributed by atoms with Gasteiger partial charge in [-0.05, 0) is 13.8 Å². The van der Waals surface area contributed by atoms with Gasteiger partial charge in [0.15, 0.2) is 5.88 Å². The molecule has 1 heterocycles. The van der Waals surface area contributed by atoms with E-state index >= 15 is 0 Å². The van der Waals surface area contributed by atoms with Crippen molar-refractivity contribution in [1.82, 2.24) is 10.3 Å². The minimum Gasteiger partial charge on any atom is -0.494 e. The van der Waals surface area contributed by atoms with Crippen LogP contribution in [0.4, 0.5) is 0 Å². The lowest BCUT2D eigenvalue weighted by Crippen LogP contribution is -2.39. The van der Waals surface area contributed by atoms with Crippen LogP contribution in [0.15, 0.2) is 16.9 Å². The van der Waals surface area contributed by atoms with Crippen LogP contribution in [0.3, 0.4) is 0 Å². The van der Waals surface area contributed by atoms with Crippen LogP contribution in [0.1, 0.15) is 24.2 Å². The Hall–Kier alpha value is -2.31.